The number of ether oxygens (including phenoxy) is 2. The lowest BCUT2D eigenvalue weighted by Crippen LogP contribution is -2.48. The van der Waals surface area contributed by atoms with Crippen LogP contribution in [0.25, 0.3) is 0 Å². The number of rotatable bonds is 17. The Hall–Kier alpha value is -0.626. The van der Waals surface area contributed by atoms with Crippen LogP contribution in [-0.4, -0.2) is 41.3 Å². The van der Waals surface area contributed by atoms with Gasteiger partial charge in [-0.1, -0.05) is 106 Å². The molecule has 6 heteroatoms. The summed E-state index contributed by atoms with van der Waals surface area (Å²) in [4.78, 5) is 26.5. The Labute approximate surface area is 201 Å². The summed E-state index contributed by atoms with van der Waals surface area (Å²) in [6.45, 7) is 22.9. The molecule has 0 spiro atoms. The standard InChI is InChI=1S/C26H54O4Si2/c1-21(2)17-13-11-15-19-29-25(27)23(31(5,6)7)24(32(8,9)10)26(28)30-20-16-12-14-18-22(3)4/h21-24H,11-20H2,1-10H3. The summed E-state index contributed by atoms with van der Waals surface area (Å²) in [7, 11) is -3.98. The number of carbonyl (C=O) groups excluding carboxylic acids is 2. The maximum Gasteiger partial charge on any atom is 0.306 e. The Bertz CT molecular complexity index is 485. The lowest BCUT2D eigenvalue weighted by atomic mass is 10.1. The van der Waals surface area contributed by atoms with Crippen molar-refractivity contribution in [3.8, 4) is 0 Å². The van der Waals surface area contributed by atoms with E-state index in [1.54, 1.807) is 0 Å². The first kappa shape index (κ1) is 31.4. The summed E-state index contributed by atoms with van der Waals surface area (Å²) >= 11 is 0. The Morgan fingerprint density at radius 2 is 0.875 bits per heavy atom. The first-order chi connectivity index (χ1) is 14.7. The van der Waals surface area contributed by atoms with Crippen molar-refractivity contribution in [2.45, 2.75) is 129 Å². The lowest BCUT2D eigenvalue weighted by molar-refractivity contribution is -0.150. The van der Waals surface area contributed by atoms with Crippen molar-refractivity contribution in [1.82, 2.24) is 0 Å². The molecule has 0 aromatic rings. The molecular formula is C26H54O4Si2. The van der Waals surface area contributed by atoms with E-state index in [2.05, 4.69) is 67.0 Å². The van der Waals surface area contributed by atoms with Gasteiger partial charge in [0.15, 0.2) is 0 Å². The van der Waals surface area contributed by atoms with E-state index in [1.807, 2.05) is 0 Å². The molecule has 32 heavy (non-hydrogen) atoms. The van der Waals surface area contributed by atoms with E-state index in [0.717, 1.165) is 25.7 Å². The fourth-order valence-electron chi connectivity index (χ4n) is 4.17. The monoisotopic (exact) mass is 486 g/mol. The Morgan fingerprint density at radius 3 is 1.12 bits per heavy atom. The highest BCUT2D eigenvalue weighted by Crippen LogP contribution is 2.43. The number of unbranched alkanes of at least 4 members (excludes halogenated alkanes) is 4. The minimum Gasteiger partial charge on any atom is -0.466 e. The first-order valence-electron chi connectivity index (χ1n) is 13.0. The zero-order valence-corrected chi connectivity index (χ0v) is 25.0. The van der Waals surface area contributed by atoms with E-state index in [1.165, 1.54) is 25.7 Å². The smallest absolute Gasteiger partial charge is 0.306 e. The van der Waals surface area contributed by atoms with E-state index in [-0.39, 0.29) is 23.0 Å². The zero-order valence-electron chi connectivity index (χ0n) is 23.0. The van der Waals surface area contributed by atoms with Gasteiger partial charge in [0.2, 0.25) is 0 Å². The average Bonchev–Trinajstić information content (AvgIpc) is 2.62. The minimum atomic E-state index is -1.99. The molecule has 4 nitrogen and oxygen atoms in total. The van der Waals surface area contributed by atoms with Crippen LogP contribution in [0.4, 0.5) is 0 Å². The summed E-state index contributed by atoms with van der Waals surface area (Å²) in [5, 5.41) is 0. The van der Waals surface area contributed by atoms with Gasteiger partial charge in [-0.05, 0) is 24.7 Å². The van der Waals surface area contributed by atoms with Gasteiger partial charge in [-0.2, -0.15) is 0 Å². The van der Waals surface area contributed by atoms with Crippen LogP contribution in [0.3, 0.4) is 0 Å². The molecule has 190 valence electrons. The third-order valence-electron chi connectivity index (χ3n) is 6.05. The predicted octanol–water partition coefficient (Wildman–Crippen LogP) is 7.92. The SMILES string of the molecule is CC(C)CCCCCOC(=O)C(C(C(=O)OCCCCCC(C)C)[Si](C)(C)C)[Si](C)(C)C. The van der Waals surface area contributed by atoms with Crippen molar-refractivity contribution in [3.63, 3.8) is 0 Å². The summed E-state index contributed by atoms with van der Waals surface area (Å²) in [5.74, 6) is 1.09. The molecule has 0 fully saturated rings. The van der Waals surface area contributed by atoms with Gasteiger partial charge in [0.05, 0.1) is 40.4 Å². The number of esters is 2. The molecule has 0 N–H and O–H groups in total. The molecule has 0 aliphatic carbocycles. The highest BCUT2D eigenvalue weighted by molar-refractivity contribution is 6.87. The molecule has 2 unspecified atom stereocenters. The van der Waals surface area contributed by atoms with Gasteiger partial charge < -0.3 is 9.47 Å². The zero-order chi connectivity index (χ0) is 24.9. The predicted molar refractivity (Wildman–Crippen MR) is 143 cm³/mol. The van der Waals surface area contributed by atoms with Crippen LogP contribution in [0.2, 0.25) is 50.4 Å². The van der Waals surface area contributed by atoms with Crippen molar-refractivity contribution in [2.24, 2.45) is 11.8 Å². The topological polar surface area (TPSA) is 52.6 Å². The van der Waals surface area contributed by atoms with Crippen LogP contribution in [0, 0.1) is 11.8 Å². The third kappa shape index (κ3) is 13.8. The molecule has 2 atom stereocenters. The summed E-state index contributed by atoms with van der Waals surface area (Å²) < 4.78 is 11.5. The second-order valence-corrected chi connectivity index (χ2v) is 23.2. The third-order valence-corrected chi connectivity index (χ3v) is 11.3. The Kier molecular flexibility index (Phi) is 15.0. The van der Waals surface area contributed by atoms with E-state index in [4.69, 9.17) is 9.47 Å². The van der Waals surface area contributed by atoms with Crippen LogP contribution >= 0.6 is 0 Å². The van der Waals surface area contributed by atoms with Gasteiger partial charge in [0, 0.05) is 0 Å². The number of hydrogen-bond acceptors (Lipinski definition) is 4. The lowest BCUT2D eigenvalue weighted by Gasteiger charge is -2.38. The van der Waals surface area contributed by atoms with Crippen molar-refractivity contribution < 1.29 is 19.1 Å². The van der Waals surface area contributed by atoms with Crippen molar-refractivity contribution in [1.29, 1.82) is 0 Å². The molecule has 0 saturated heterocycles. The molecule has 0 aromatic heterocycles. The molecule has 0 aromatic carbocycles. The number of carbonyl (C=O) groups is 2. The Balaban J connectivity index is 5.00. The largest absolute Gasteiger partial charge is 0.466 e. The second kappa shape index (κ2) is 15.3. The van der Waals surface area contributed by atoms with Crippen molar-refractivity contribution in [3.05, 3.63) is 0 Å². The van der Waals surface area contributed by atoms with E-state index < -0.39 is 16.1 Å². The summed E-state index contributed by atoms with van der Waals surface area (Å²) in [5.41, 5.74) is -0.670. The molecular weight excluding hydrogens is 432 g/mol. The van der Waals surface area contributed by atoms with Crippen LogP contribution in [-0.2, 0) is 19.1 Å². The molecule has 0 radical (unpaired) electrons. The number of hydrogen-bond donors (Lipinski definition) is 0. The van der Waals surface area contributed by atoms with Gasteiger partial charge in [-0.25, -0.2) is 0 Å². The van der Waals surface area contributed by atoms with Crippen molar-refractivity contribution in [2.75, 3.05) is 13.2 Å². The van der Waals surface area contributed by atoms with E-state index >= 15 is 0 Å². The minimum absolute atomic E-state index is 0.172. The first-order valence-corrected chi connectivity index (χ1v) is 20.2. The maximum absolute atomic E-state index is 13.2. The molecule has 0 bridgehead atoms. The summed E-state index contributed by atoms with van der Waals surface area (Å²) in [6, 6.07) is 0. The quantitative estimate of drug-likeness (QED) is 0.119. The Morgan fingerprint density at radius 1 is 0.562 bits per heavy atom. The van der Waals surface area contributed by atoms with Gasteiger partial charge in [-0.15, -0.1) is 0 Å². The average molecular weight is 487 g/mol. The van der Waals surface area contributed by atoms with Gasteiger partial charge >= 0.3 is 11.9 Å². The fraction of sp³-hybridized carbons (Fsp3) is 0.923. The van der Waals surface area contributed by atoms with Crippen LogP contribution in [0.15, 0.2) is 0 Å². The van der Waals surface area contributed by atoms with Gasteiger partial charge in [-0.3, -0.25) is 9.59 Å². The van der Waals surface area contributed by atoms with Crippen molar-refractivity contribution >= 4 is 28.1 Å². The van der Waals surface area contributed by atoms with E-state index in [0.29, 0.717) is 25.0 Å². The fourth-order valence-corrected chi connectivity index (χ4v) is 11.0. The highest BCUT2D eigenvalue weighted by atomic mass is 28.3. The van der Waals surface area contributed by atoms with Crippen LogP contribution in [0.5, 0.6) is 0 Å². The highest BCUT2D eigenvalue weighted by Gasteiger charge is 2.50. The molecule has 0 amide bonds. The summed E-state index contributed by atoms with van der Waals surface area (Å²) in [6.07, 6.45) is 8.74. The van der Waals surface area contributed by atoms with E-state index in [9.17, 15) is 9.59 Å². The molecule has 0 rings (SSSR count). The van der Waals surface area contributed by atoms with Crippen LogP contribution < -0.4 is 0 Å². The molecule has 0 saturated carbocycles. The maximum atomic E-state index is 13.2. The molecule has 0 aliphatic rings. The van der Waals surface area contributed by atoms with Crippen LogP contribution in [0.1, 0.15) is 79.1 Å². The van der Waals surface area contributed by atoms with Gasteiger partial charge in [0.25, 0.3) is 0 Å². The normalized spacial score (nSPS) is 14.5. The molecule has 0 aliphatic heterocycles. The molecule has 0 heterocycles. The van der Waals surface area contributed by atoms with Gasteiger partial charge in [0.1, 0.15) is 0 Å². The second-order valence-electron chi connectivity index (χ2n) is 12.5.